The Morgan fingerprint density at radius 3 is 2.50 bits per heavy atom. The highest BCUT2D eigenvalue weighted by atomic mass is 31.1. The zero-order valence-electron chi connectivity index (χ0n) is 8.40. The summed E-state index contributed by atoms with van der Waals surface area (Å²) >= 11 is 0. The van der Waals surface area contributed by atoms with E-state index < -0.39 is 8.03 Å². The van der Waals surface area contributed by atoms with Gasteiger partial charge in [-0.3, -0.25) is 4.57 Å². The maximum atomic E-state index is 11.4. The predicted molar refractivity (Wildman–Crippen MR) is 57.2 cm³/mol. The molecule has 0 aliphatic heterocycles. The number of hydrogen-bond donors (Lipinski definition) is 0. The van der Waals surface area contributed by atoms with Crippen LogP contribution in [0.15, 0.2) is 30.3 Å². The molecule has 0 N–H and O–H groups in total. The van der Waals surface area contributed by atoms with Crippen molar-refractivity contribution in [3.8, 4) is 5.75 Å². The van der Waals surface area contributed by atoms with Crippen molar-refractivity contribution in [1.29, 1.82) is 0 Å². The molecular formula is C10H15O3P. The Bertz CT molecular complexity index is 287. The molecule has 4 heteroatoms. The lowest BCUT2D eigenvalue weighted by Gasteiger charge is -2.15. The highest BCUT2D eigenvalue weighted by Crippen LogP contribution is 2.32. The average molecular weight is 214 g/mol. The van der Waals surface area contributed by atoms with E-state index in [2.05, 4.69) is 0 Å². The SMILES string of the molecule is CCC(Oc1ccccc1)[PH](=O)OC. The van der Waals surface area contributed by atoms with Gasteiger partial charge in [-0.1, -0.05) is 25.1 Å². The van der Waals surface area contributed by atoms with Crippen LogP contribution in [0.2, 0.25) is 0 Å². The molecule has 14 heavy (non-hydrogen) atoms. The largest absolute Gasteiger partial charge is 0.481 e. The van der Waals surface area contributed by atoms with E-state index in [9.17, 15) is 4.57 Å². The van der Waals surface area contributed by atoms with E-state index in [1.54, 1.807) is 0 Å². The quantitative estimate of drug-likeness (QED) is 0.707. The van der Waals surface area contributed by atoms with E-state index in [0.29, 0.717) is 6.42 Å². The molecule has 1 aromatic carbocycles. The van der Waals surface area contributed by atoms with Gasteiger partial charge in [0.25, 0.3) is 0 Å². The summed E-state index contributed by atoms with van der Waals surface area (Å²) in [5, 5.41) is 0. The van der Waals surface area contributed by atoms with Crippen LogP contribution in [-0.2, 0) is 9.09 Å². The Morgan fingerprint density at radius 1 is 1.36 bits per heavy atom. The van der Waals surface area contributed by atoms with E-state index >= 15 is 0 Å². The van der Waals surface area contributed by atoms with E-state index in [4.69, 9.17) is 9.26 Å². The van der Waals surface area contributed by atoms with Crippen LogP contribution >= 0.6 is 8.03 Å². The first-order valence-electron chi connectivity index (χ1n) is 4.57. The lowest BCUT2D eigenvalue weighted by molar-refractivity contribution is 0.248. The number of ether oxygens (including phenoxy) is 1. The third-order valence-corrected chi connectivity index (χ3v) is 3.31. The molecule has 78 valence electrons. The first-order chi connectivity index (χ1) is 6.77. The van der Waals surface area contributed by atoms with Crippen LogP contribution in [0.4, 0.5) is 0 Å². The second-order valence-corrected chi connectivity index (χ2v) is 4.54. The fourth-order valence-electron chi connectivity index (χ4n) is 1.09. The number of para-hydroxylation sites is 1. The minimum Gasteiger partial charge on any atom is -0.481 e. The molecule has 0 aliphatic rings. The second-order valence-electron chi connectivity index (χ2n) is 2.85. The van der Waals surface area contributed by atoms with Crippen molar-refractivity contribution in [2.24, 2.45) is 0 Å². The van der Waals surface area contributed by atoms with E-state index in [1.165, 1.54) is 7.11 Å². The molecule has 0 aromatic heterocycles. The van der Waals surface area contributed by atoms with Crippen LogP contribution < -0.4 is 4.74 Å². The maximum Gasteiger partial charge on any atom is 0.230 e. The Balaban J connectivity index is 2.62. The first-order valence-corrected chi connectivity index (χ1v) is 5.96. The lowest BCUT2D eigenvalue weighted by Crippen LogP contribution is -2.10. The zero-order valence-corrected chi connectivity index (χ0v) is 9.40. The third kappa shape index (κ3) is 3.17. The van der Waals surface area contributed by atoms with E-state index in [0.717, 1.165) is 5.75 Å². The molecule has 0 heterocycles. The topological polar surface area (TPSA) is 35.5 Å². The molecular weight excluding hydrogens is 199 g/mol. The summed E-state index contributed by atoms with van der Waals surface area (Å²) < 4.78 is 21.7. The van der Waals surface area contributed by atoms with Crippen molar-refractivity contribution in [3.05, 3.63) is 30.3 Å². The van der Waals surface area contributed by atoms with Crippen molar-refractivity contribution < 1.29 is 13.8 Å². The van der Waals surface area contributed by atoms with Gasteiger partial charge in [-0.05, 0) is 18.6 Å². The molecule has 2 unspecified atom stereocenters. The fraction of sp³-hybridized carbons (Fsp3) is 0.400. The van der Waals surface area contributed by atoms with Crippen molar-refractivity contribution in [1.82, 2.24) is 0 Å². The minimum absolute atomic E-state index is 0.326. The van der Waals surface area contributed by atoms with Crippen LogP contribution in [0.5, 0.6) is 5.75 Å². The van der Waals surface area contributed by atoms with Crippen LogP contribution in [0.3, 0.4) is 0 Å². The molecule has 0 radical (unpaired) electrons. The summed E-state index contributed by atoms with van der Waals surface area (Å²) in [5.74, 6) is 0.405. The molecule has 0 saturated heterocycles. The standard InChI is InChI=1S/C10H15O3P/c1-3-10(14(11)12-2)13-9-7-5-4-6-8-9/h4-8,10,14H,3H2,1-2H3. The monoisotopic (exact) mass is 214 g/mol. The molecule has 0 bridgehead atoms. The summed E-state index contributed by atoms with van der Waals surface area (Å²) in [5.41, 5.74) is 0. The Labute approximate surface area is 84.9 Å². The molecule has 1 aromatic rings. The maximum absolute atomic E-state index is 11.4. The minimum atomic E-state index is -2.09. The average Bonchev–Trinajstić information content (AvgIpc) is 2.26. The number of benzene rings is 1. The summed E-state index contributed by atoms with van der Waals surface area (Å²) in [6, 6.07) is 9.35. The molecule has 0 fully saturated rings. The van der Waals surface area contributed by atoms with Crippen LogP contribution in [0.25, 0.3) is 0 Å². The molecule has 0 saturated carbocycles. The van der Waals surface area contributed by atoms with Crippen molar-refractivity contribution in [2.45, 2.75) is 19.2 Å². The van der Waals surface area contributed by atoms with Crippen molar-refractivity contribution in [3.63, 3.8) is 0 Å². The highest BCUT2D eigenvalue weighted by Gasteiger charge is 2.15. The van der Waals surface area contributed by atoms with Gasteiger partial charge >= 0.3 is 0 Å². The fourth-order valence-corrected chi connectivity index (χ4v) is 1.92. The summed E-state index contributed by atoms with van der Waals surface area (Å²) in [7, 11) is -0.645. The van der Waals surface area contributed by atoms with Crippen LogP contribution in [0, 0.1) is 0 Å². The van der Waals surface area contributed by atoms with Crippen molar-refractivity contribution in [2.75, 3.05) is 7.11 Å². The Morgan fingerprint density at radius 2 is 2.00 bits per heavy atom. The van der Waals surface area contributed by atoms with Crippen LogP contribution in [0.1, 0.15) is 13.3 Å². The third-order valence-electron chi connectivity index (χ3n) is 1.86. The summed E-state index contributed by atoms with van der Waals surface area (Å²) in [4.78, 5) is 0. The highest BCUT2D eigenvalue weighted by molar-refractivity contribution is 7.39. The van der Waals surface area contributed by atoms with Gasteiger partial charge in [-0.25, -0.2) is 0 Å². The van der Waals surface area contributed by atoms with Gasteiger partial charge in [-0.15, -0.1) is 0 Å². The predicted octanol–water partition coefficient (Wildman–Crippen LogP) is 2.92. The van der Waals surface area contributed by atoms with Gasteiger partial charge in [0.1, 0.15) is 5.75 Å². The van der Waals surface area contributed by atoms with Gasteiger partial charge in [0, 0.05) is 7.11 Å². The zero-order chi connectivity index (χ0) is 10.4. The molecule has 0 aliphatic carbocycles. The Kier molecular flexibility index (Phi) is 4.71. The normalized spacial score (nSPS) is 14.7. The van der Waals surface area contributed by atoms with Gasteiger partial charge in [0.05, 0.1) is 0 Å². The van der Waals surface area contributed by atoms with E-state index in [-0.39, 0.29) is 5.85 Å². The summed E-state index contributed by atoms with van der Waals surface area (Å²) in [6.45, 7) is 1.93. The van der Waals surface area contributed by atoms with E-state index in [1.807, 2.05) is 37.3 Å². The molecule has 0 amide bonds. The molecule has 3 nitrogen and oxygen atoms in total. The lowest BCUT2D eigenvalue weighted by atomic mass is 10.3. The Hall–Kier alpha value is -0.790. The molecule has 1 rings (SSSR count). The molecule has 2 atom stereocenters. The first kappa shape index (κ1) is 11.3. The van der Waals surface area contributed by atoms with Gasteiger partial charge in [0.15, 0.2) is 5.85 Å². The van der Waals surface area contributed by atoms with Gasteiger partial charge < -0.3 is 9.26 Å². The van der Waals surface area contributed by atoms with Gasteiger partial charge in [0.2, 0.25) is 8.03 Å². The smallest absolute Gasteiger partial charge is 0.230 e. The second kappa shape index (κ2) is 5.84. The van der Waals surface area contributed by atoms with Gasteiger partial charge in [-0.2, -0.15) is 0 Å². The van der Waals surface area contributed by atoms with Crippen LogP contribution in [-0.4, -0.2) is 13.0 Å². The van der Waals surface area contributed by atoms with Crippen molar-refractivity contribution >= 4 is 8.03 Å². The summed E-state index contributed by atoms with van der Waals surface area (Å²) in [6.07, 6.45) is 0.681. The number of hydrogen-bond acceptors (Lipinski definition) is 3. The molecule has 0 spiro atoms. The number of rotatable bonds is 5.